The van der Waals surface area contributed by atoms with Crippen LogP contribution in [0.4, 0.5) is 0 Å². The number of nitrogens with zero attached hydrogens (tertiary/aromatic N) is 4. The Morgan fingerprint density at radius 1 is 1.44 bits per heavy atom. The second kappa shape index (κ2) is 7.40. The summed E-state index contributed by atoms with van der Waals surface area (Å²) in [5.41, 5.74) is 3.02. The van der Waals surface area contributed by atoms with Crippen molar-refractivity contribution in [2.45, 2.75) is 25.3 Å². The molecular formula is C18H19ClN6O2. The van der Waals surface area contributed by atoms with E-state index in [4.69, 9.17) is 16.3 Å². The fourth-order valence-electron chi connectivity index (χ4n) is 3.40. The summed E-state index contributed by atoms with van der Waals surface area (Å²) in [5, 5.41) is 6.67. The lowest BCUT2D eigenvalue weighted by atomic mass is 9.90. The Morgan fingerprint density at radius 2 is 2.33 bits per heavy atom. The first kappa shape index (κ1) is 17.5. The van der Waals surface area contributed by atoms with Crippen molar-refractivity contribution >= 4 is 17.5 Å². The third kappa shape index (κ3) is 3.66. The second-order valence-electron chi connectivity index (χ2n) is 6.42. The van der Waals surface area contributed by atoms with Gasteiger partial charge in [0, 0.05) is 25.3 Å². The number of halogens is 1. The van der Waals surface area contributed by atoms with E-state index in [1.165, 1.54) is 0 Å². The van der Waals surface area contributed by atoms with Gasteiger partial charge in [0.25, 0.3) is 0 Å². The number of H-pyrrole nitrogens is 2. The summed E-state index contributed by atoms with van der Waals surface area (Å²) >= 11 is 5.71. The lowest BCUT2D eigenvalue weighted by Crippen LogP contribution is -2.38. The van der Waals surface area contributed by atoms with E-state index in [-0.39, 0.29) is 17.1 Å². The van der Waals surface area contributed by atoms with Gasteiger partial charge >= 0.3 is 0 Å². The summed E-state index contributed by atoms with van der Waals surface area (Å²) in [7, 11) is 1.64. The number of hydrogen-bond acceptors (Lipinski definition) is 5. The minimum absolute atomic E-state index is 0.00114. The van der Waals surface area contributed by atoms with Crippen LogP contribution in [0.2, 0.25) is 5.28 Å². The zero-order valence-electron chi connectivity index (χ0n) is 14.8. The van der Waals surface area contributed by atoms with E-state index >= 15 is 0 Å². The first-order valence-electron chi connectivity index (χ1n) is 8.64. The monoisotopic (exact) mass is 386 g/mol. The van der Waals surface area contributed by atoms with E-state index in [9.17, 15) is 4.79 Å². The minimum Gasteiger partial charge on any atom is -0.497 e. The summed E-state index contributed by atoms with van der Waals surface area (Å²) in [6, 6.07) is 7.89. The first-order chi connectivity index (χ1) is 13.1. The molecule has 3 aromatic rings. The molecule has 0 bridgehead atoms. The van der Waals surface area contributed by atoms with Gasteiger partial charge in [0.1, 0.15) is 11.6 Å². The number of methoxy groups -OCH3 is 1. The Kier molecular flexibility index (Phi) is 4.81. The van der Waals surface area contributed by atoms with Gasteiger partial charge in [0.05, 0.1) is 31.4 Å². The molecule has 1 aliphatic heterocycles. The first-order valence-corrected chi connectivity index (χ1v) is 9.02. The standard InChI is InChI=1S/C18H19ClN6O2/c1-27-12-4-2-3-11(7-12)13-8-25(9-14-17(13)21-10-20-14)16(26)6-5-15-22-18(19)24-23-15/h2-4,7,10,13H,5-6,8-9H2,1H3,(H,20,21)(H,22,23,24). The molecule has 9 heteroatoms. The zero-order chi connectivity index (χ0) is 18.8. The number of aromatic nitrogens is 5. The maximum Gasteiger partial charge on any atom is 0.242 e. The molecular weight excluding hydrogens is 368 g/mol. The number of benzene rings is 1. The molecule has 0 spiro atoms. The van der Waals surface area contributed by atoms with Gasteiger partial charge in [-0.1, -0.05) is 12.1 Å². The highest BCUT2D eigenvalue weighted by atomic mass is 35.5. The fraction of sp³-hybridized carbons (Fsp3) is 0.333. The Hall–Kier alpha value is -2.87. The second-order valence-corrected chi connectivity index (χ2v) is 6.76. The molecule has 0 radical (unpaired) electrons. The summed E-state index contributed by atoms with van der Waals surface area (Å²) in [4.78, 5) is 26.3. The van der Waals surface area contributed by atoms with Crippen molar-refractivity contribution in [3.05, 3.63) is 58.7 Å². The van der Waals surface area contributed by atoms with E-state index in [2.05, 4.69) is 25.1 Å². The predicted molar refractivity (Wildman–Crippen MR) is 98.6 cm³/mol. The molecule has 2 aromatic heterocycles. The third-order valence-corrected chi connectivity index (χ3v) is 4.93. The van der Waals surface area contributed by atoms with E-state index in [1.807, 2.05) is 29.2 Å². The molecule has 1 unspecified atom stereocenters. The molecule has 4 rings (SSSR count). The molecule has 1 amide bonds. The van der Waals surface area contributed by atoms with Crippen LogP contribution in [0.15, 0.2) is 30.6 Å². The van der Waals surface area contributed by atoms with Crippen molar-refractivity contribution in [2.75, 3.05) is 13.7 Å². The van der Waals surface area contributed by atoms with E-state index < -0.39 is 0 Å². The van der Waals surface area contributed by atoms with Crippen molar-refractivity contribution < 1.29 is 9.53 Å². The largest absolute Gasteiger partial charge is 0.497 e. The van der Waals surface area contributed by atoms with Crippen molar-refractivity contribution in [2.24, 2.45) is 0 Å². The van der Waals surface area contributed by atoms with Crippen LogP contribution in [-0.2, 0) is 17.8 Å². The third-order valence-electron chi connectivity index (χ3n) is 4.76. The lowest BCUT2D eigenvalue weighted by molar-refractivity contribution is -0.132. The number of aromatic amines is 2. The Morgan fingerprint density at radius 3 is 3.11 bits per heavy atom. The summed E-state index contributed by atoms with van der Waals surface area (Å²) in [6.45, 7) is 1.09. The van der Waals surface area contributed by atoms with E-state index in [1.54, 1.807) is 13.4 Å². The molecule has 1 aliphatic rings. The average molecular weight is 387 g/mol. The Bertz CT molecular complexity index is 953. The molecule has 27 heavy (non-hydrogen) atoms. The van der Waals surface area contributed by atoms with Crippen LogP contribution < -0.4 is 4.74 Å². The van der Waals surface area contributed by atoms with Crippen molar-refractivity contribution in [3.63, 3.8) is 0 Å². The number of aryl methyl sites for hydroxylation is 1. The smallest absolute Gasteiger partial charge is 0.242 e. The van der Waals surface area contributed by atoms with E-state index in [0.29, 0.717) is 31.8 Å². The molecule has 0 saturated heterocycles. The number of ether oxygens (including phenoxy) is 1. The van der Waals surface area contributed by atoms with Crippen LogP contribution in [0.25, 0.3) is 0 Å². The van der Waals surface area contributed by atoms with Gasteiger partial charge in [-0.05, 0) is 29.3 Å². The van der Waals surface area contributed by atoms with Crippen LogP contribution >= 0.6 is 11.6 Å². The lowest BCUT2D eigenvalue weighted by Gasteiger charge is -2.32. The van der Waals surface area contributed by atoms with Gasteiger partial charge < -0.3 is 14.6 Å². The van der Waals surface area contributed by atoms with Crippen LogP contribution in [0, 0.1) is 0 Å². The summed E-state index contributed by atoms with van der Waals surface area (Å²) in [6.07, 6.45) is 2.48. The number of amides is 1. The Balaban J connectivity index is 1.53. The normalized spacial score (nSPS) is 16.2. The van der Waals surface area contributed by atoms with Crippen LogP contribution in [0.5, 0.6) is 5.75 Å². The molecule has 0 fully saturated rings. The number of rotatable bonds is 5. The fourth-order valence-corrected chi connectivity index (χ4v) is 3.54. The molecule has 0 saturated carbocycles. The number of carbonyl (C=O) groups excluding carboxylic acids is 1. The highest BCUT2D eigenvalue weighted by Gasteiger charge is 2.31. The molecule has 0 aliphatic carbocycles. The topological polar surface area (TPSA) is 99.8 Å². The van der Waals surface area contributed by atoms with Gasteiger partial charge in [-0.2, -0.15) is 0 Å². The van der Waals surface area contributed by atoms with Crippen LogP contribution in [0.1, 0.15) is 35.1 Å². The van der Waals surface area contributed by atoms with Gasteiger partial charge in [-0.3, -0.25) is 9.89 Å². The van der Waals surface area contributed by atoms with Crippen molar-refractivity contribution in [1.82, 2.24) is 30.0 Å². The zero-order valence-corrected chi connectivity index (χ0v) is 15.5. The van der Waals surface area contributed by atoms with Crippen LogP contribution in [-0.4, -0.2) is 49.6 Å². The summed E-state index contributed by atoms with van der Waals surface area (Å²) in [5.74, 6) is 1.45. The van der Waals surface area contributed by atoms with Crippen molar-refractivity contribution in [3.8, 4) is 5.75 Å². The number of hydrogen-bond donors (Lipinski definition) is 2. The number of imidazole rings is 1. The summed E-state index contributed by atoms with van der Waals surface area (Å²) < 4.78 is 5.34. The number of carbonyl (C=O) groups is 1. The van der Waals surface area contributed by atoms with Crippen LogP contribution in [0.3, 0.4) is 0 Å². The minimum atomic E-state index is -0.00114. The molecule has 1 atom stereocenters. The van der Waals surface area contributed by atoms with Crippen molar-refractivity contribution in [1.29, 1.82) is 0 Å². The molecule has 1 aromatic carbocycles. The van der Waals surface area contributed by atoms with Gasteiger partial charge in [-0.25, -0.2) is 9.97 Å². The SMILES string of the molecule is COc1cccc(C2CN(C(=O)CCc3nc(Cl)n[nH]3)Cc3[nH]cnc32)c1. The quantitative estimate of drug-likeness (QED) is 0.700. The maximum absolute atomic E-state index is 12.8. The highest BCUT2D eigenvalue weighted by Crippen LogP contribution is 2.33. The molecule has 3 heterocycles. The predicted octanol–water partition coefficient (Wildman–Crippen LogP) is 2.30. The highest BCUT2D eigenvalue weighted by molar-refractivity contribution is 6.28. The number of nitrogens with one attached hydrogen (secondary N) is 2. The molecule has 2 N–H and O–H groups in total. The van der Waals surface area contributed by atoms with E-state index in [0.717, 1.165) is 22.7 Å². The average Bonchev–Trinajstić information content (AvgIpc) is 3.33. The van der Waals surface area contributed by atoms with Gasteiger partial charge in [0.15, 0.2) is 0 Å². The van der Waals surface area contributed by atoms with Gasteiger partial charge in [0.2, 0.25) is 11.2 Å². The maximum atomic E-state index is 12.8. The van der Waals surface area contributed by atoms with Gasteiger partial charge in [-0.15, -0.1) is 5.10 Å². The Labute approximate surface area is 160 Å². The molecule has 8 nitrogen and oxygen atoms in total. The number of fused-ring (bicyclic) bond motifs is 1. The molecule has 140 valence electrons.